The Labute approximate surface area is 169 Å². The summed E-state index contributed by atoms with van der Waals surface area (Å²) in [5.41, 5.74) is 0.597. The van der Waals surface area contributed by atoms with E-state index in [4.69, 9.17) is 0 Å². The summed E-state index contributed by atoms with van der Waals surface area (Å²) in [5, 5.41) is 5.30. The van der Waals surface area contributed by atoms with Gasteiger partial charge in [0.05, 0.1) is 0 Å². The summed E-state index contributed by atoms with van der Waals surface area (Å²) >= 11 is 2.17. The first-order chi connectivity index (χ1) is 12.7. The zero-order chi connectivity index (χ0) is 19.8. The number of carbonyl (C=O) groups excluding carboxylic acids is 3. The molecule has 140 valence electrons. The zero-order valence-corrected chi connectivity index (χ0v) is 16.8. The van der Waals surface area contributed by atoms with E-state index in [-0.39, 0.29) is 0 Å². The molecule has 1 aliphatic heterocycles. The second kappa shape index (κ2) is 7.26. The molecule has 27 heavy (non-hydrogen) atoms. The van der Waals surface area contributed by atoms with Gasteiger partial charge in [-0.2, -0.15) is 0 Å². The molecule has 1 atom stereocenters. The molecule has 3 rings (SSSR count). The molecule has 1 unspecified atom stereocenters. The summed E-state index contributed by atoms with van der Waals surface area (Å²) in [6.07, 6.45) is 0. The second-order valence-electron chi connectivity index (χ2n) is 6.46. The van der Waals surface area contributed by atoms with Crippen LogP contribution in [0, 0.1) is 16.3 Å². The monoisotopic (exact) mass is 481 g/mol. The lowest BCUT2D eigenvalue weighted by atomic mass is 9.92. The minimum Gasteiger partial charge on any atom is -0.324 e. The summed E-state index contributed by atoms with van der Waals surface area (Å²) in [6.45, 7) is 2.98. The molecule has 4 amide bonds. The molecular weight excluding hydrogens is 464 g/mol. The Bertz CT molecular complexity index is 932. The molecule has 0 saturated carbocycles. The number of halogens is 2. The molecule has 1 aliphatic rings. The third-order valence-electron chi connectivity index (χ3n) is 4.46. The van der Waals surface area contributed by atoms with Gasteiger partial charge in [-0.05, 0) is 77.9 Å². The summed E-state index contributed by atoms with van der Waals surface area (Å²) in [6, 6.07) is 10.2. The van der Waals surface area contributed by atoms with E-state index in [1.54, 1.807) is 6.07 Å². The van der Waals surface area contributed by atoms with Crippen LogP contribution in [0.25, 0.3) is 0 Å². The van der Waals surface area contributed by atoms with Crippen LogP contribution in [0.5, 0.6) is 0 Å². The van der Waals surface area contributed by atoms with Gasteiger partial charge < -0.3 is 10.6 Å². The number of nitrogens with zero attached hydrogens (tertiary/aromatic N) is 1. The third-order valence-corrected chi connectivity index (χ3v) is 5.13. The number of carbonyl (C=O) groups is 3. The van der Waals surface area contributed by atoms with Crippen molar-refractivity contribution >= 4 is 46.1 Å². The molecule has 1 heterocycles. The lowest BCUT2D eigenvalue weighted by Crippen LogP contribution is -2.42. The van der Waals surface area contributed by atoms with E-state index in [0.29, 0.717) is 11.3 Å². The Balaban J connectivity index is 1.75. The number of amides is 4. The number of aryl methyl sites for hydroxylation is 1. The number of imide groups is 1. The van der Waals surface area contributed by atoms with E-state index in [2.05, 4.69) is 33.2 Å². The molecule has 2 aromatic rings. The molecule has 0 bridgehead atoms. The Hall–Kier alpha value is -2.49. The van der Waals surface area contributed by atoms with Crippen LogP contribution in [0.4, 0.5) is 14.9 Å². The van der Waals surface area contributed by atoms with Crippen molar-refractivity contribution in [2.45, 2.75) is 19.4 Å². The van der Waals surface area contributed by atoms with Crippen LogP contribution in [0.2, 0.25) is 0 Å². The predicted octanol–water partition coefficient (Wildman–Crippen LogP) is 3.14. The van der Waals surface area contributed by atoms with Gasteiger partial charge in [-0.15, -0.1) is 0 Å². The first-order valence-electron chi connectivity index (χ1n) is 8.17. The standard InChI is InChI=1S/C19H17FIN3O3/c1-11-9-14(21)7-8-15(11)22-16(25)10-24-17(26)19(2,23-18(24)27)12-3-5-13(20)6-4-12/h3-9H,10H2,1-2H3,(H,22,25)(H,23,27). The highest BCUT2D eigenvalue weighted by atomic mass is 127. The molecule has 0 spiro atoms. The largest absolute Gasteiger partial charge is 0.325 e. The highest BCUT2D eigenvalue weighted by Crippen LogP contribution is 2.29. The van der Waals surface area contributed by atoms with E-state index in [9.17, 15) is 18.8 Å². The van der Waals surface area contributed by atoms with Crippen LogP contribution in [-0.4, -0.2) is 29.3 Å². The Morgan fingerprint density at radius 2 is 1.89 bits per heavy atom. The van der Waals surface area contributed by atoms with Gasteiger partial charge in [0.15, 0.2) is 0 Å². The van der Waals surface area contributed by atoms with Gasteiger partial charge in [0.25, 0.3) is 5.91 Å². The topological polar surface area (TPSA) is 78.5 Å². The SMILES string of the molecule is Cc1cc(I)ccc1NC(=O)CN1C(=O)NC(C)(c2ccc(F)cc2)C1=O. The van der Waals surface area contributed by atoms with Crippen LogP contribution in [-0.2, 0) is 15.1 Å². The summed E-state index contributed by atoms with van der Waals surface area (Å²) in [4.78, 5) is 38.3. The van der Waals surface area contributed by atoms with Crippen molar-refractivity contribution < 1.29 is 18.8 Å². The second-order valence-corrected chi connectivity index (χ2v) is 7.71. The first-order valence-corrected chi connectivity index (χ1v) is 9.25. The van der Waals surface area contributed by atoms with Gasteiger partial charge in [0.2, 0.25) is 5.91 Å². The van der Waals surface area contributed by atoms with Gasteiger partial charge in [-0.3, -0.25) is 14.5 Å². The lowest BCUT2D eigenvalue weighted by molar-refractivity contribution is -0.133. The maximum absolute atomic E-state index is 13.1. The highest BCUT2D eigenvalue weighted by molar-refractivity contribution is 14.1. The van der Waals surface area contributed by atoms with Gasteiger partial charge in [0.1, 0.15) is 17.9 Å². The molecule has 0 radical (unpaired) electrons. The number of benzene rings is 2. The fraction of sp³-hybridized carbons (Fsp3) is 0.211. The summed E-state index contributed by atoms with van der Waals surface area (Å²) in [5.74, 6) is -1.48. The minimum absolute atomic E-state index is 0.410. The van der Waals surface area contributed by atoms with E-state index < -0.39 is 35.7 Å². The zero-order valence-electron chi connectivity index (χ0n) is 14.7. The van der Waals surface area contributed by atoms with Gasteiger partial charge in [-0.25, -0.2) is 9.18 Å². The van der Waals surface area contributed by atoms with Crippen molar-refractivity contribution in [2.75, 3.05) is 11.9 Å². The maximum atomic E-state index is 13.1. The fourth-order valence-corrected chi connectivity index (χ4v) is 3.57. The molecule has 1 fully saturated rings. The van der Waals surface area contributed by atoms with Crippen molar-refractivity contribution in [1.29, 1.82) is 0 Å². The molecule has 8 heteroatoms. The van der Waals surface area contributed by atoms with Gasteiger partial charge in [0, 0.05) is 9.26 Å². The number of rotatable bonds is 4. The van der Waals surface area contributed by atoms with E-state index in [1.807, 2.05) is 19.1 Å². The van der Waals surface area contributed by atoms with Crippen LogP contribution in [0.15, 0.2) is 42.5 Å². The van der Waals surface area contributed by atoms with Crippen LogP contribution in [0.1, 0.15) is 18.1 Å². The van der Waals surface area contributed by atoms with Crippen LogP contribution >= 0.6 is 22.6 Å². The van der Waals surface area contributed by atoms with Gasteiger partial charge in [-0.1, -0.05) is 12.1 Å². The third kappa shape index (κ3) is 3.80. The molecule has 0 aromatic heterocycles. The normalized spacial score (nSPS) is 19.2. The average molecular weight is 481 g/mol. The van der Waals surface area contributed by atoms with Crippen molar-refractivity contribution in [2.24, 2.45) is 0 Å². The molecule has 1 saturated heterocycles. The molecule has 2 aromatic carbocycles. The maximum Gasteiger partial charge on any atom is 0.325 e. The summed E-state index contributed by atoms with van der Waals surface area (Å²) in [7, 11) is 0. The molecule has 2 N–H and O–H groups in total. The minimum atomic E-state index is -1.34. The predicted molar refractivity (Wildman–Crippen MR) is 107 cm³/mol. The molecule has 0 aliphatic carbocycles. The number of hydrogen-bond acceptors (Lipinski definition) is 3. The highest BCUT2D eigenvalue weighted by Gasteiger charge is 2.49. The van der Waals surface area contributed by atoms with Crippen molar-refractivity contribution in [3.05, 3.63) is 63.0 Å². The summed E-state index contributed by atoms with van der Waals surface area (Å²) < 4.78 is 14.2. The Kier molecular flexibility index (Phi) is 5.18. The van der Waals surface area contributed by atoms with Gasteiger partial charge >= 0.3 is 6.03 Å². The number of hydrogen-bond donors (Lipinski definition) is 2. The number of urea groups is 1. The van der Waals surface area contributed by atoms with E-state index in [0.717, 1.165) is 14.0 Å². The van der Waals surface area contributed by atoms with Crippen molar-refractivity contribution in [1.82, 2.24) is 10.2 Å². The van der Waals surface area contributed by atoms with Crippen molar-refractivity contribution in [3.63, 3.8) is 0 Å². The Morgan fingerprint density at radius 3 is 2.52 bits per heavy atom. The average Bonchev–Trinajstić information content (AvgIpc) is 2.82. The van der Waals surface area contributed by atoms with Crippen molar-refractivity contribution in [3.8, 4) is 0 Å². The van der Waals surface area contributed by atoms with Crippen LogP contribution < -0.4 is 10.6 Å². The molecular formula is C19H17FIN3O3. The smallest absolute Gasteiger partial charge is 0.324 e. The lowest BCUT2D eigenvalue weighted by Gasteiger charge is -2.22. The van der Waals surface area contributed by atoms with Crippen LogP contribution in [0.3, 0.4) is 0 Å². The van der Waals surface area contributed by atoms with E-state index in [1.165, 1.54) is 31.2 Å². The number of anilines is 1. The quantitative estimate of drug-likeness (QED) is 0.521. The fourth-order valence-electron chi connectivity index (χ4n) is 2.92. The van der Waals surface area contributed by atoms with E-state index >= 15 is 0 Å². The number of nitrogens with one attached hydrogen (secondary N) is 2. The first kappa shape index (κ1) is 19.3. The molecule has 6 nitrogen and oxygen atoms in total. The Morgan fingerprint density at radius 1 is 1.22 bits per heavy atom.